The number of anilines is 1. The summed E-state index contributed by atoms with van der Waals surface area (Å²) in [5.74, 6) is 0.414. The Bertz CT molecular complexity index is 1050. The third-order valence-corrected chi connectivity index (χ3v) is 6.18. The van der Waals surface area contributed by atoms with Crippen LogP contribution >= 0.6 is 23.2 Å². The Morgan fingerprint density at radius 1 is 1.03 bits per heavy atom. The molecule has 156 valence electrons. The van der Waals surface area contributed by atoms with Gasteiger partial charge in [-0.1, -0.05) is 49.2 Å². The van der Waals surface area contributed by atoms with Crippen LogP contribution in [0.1, 0.15) is 44.6 Å². The second kappa shape index (κ2) is 7.75. The lowest BCUT2D eigenvalue weighted by Crippen LogP contribution is -2.43. The van der Waals surface area contributed by atoms with Gasteiger partial charge < -0.3 is 4.74 Å². The minimum atomic E-state index is -0.294. The molecule has 0 bridgehead atoms. The zero-order valence-electron chi connectivity index (χ0n) is 17.2. The standard InChI is InChI=1S/C24H23Cl2NO3/c1-24(2)12-20-23(21(28)13-24)19(14-5-4-6-18(7-14)30-3)11-22(29)27(20)17-9-15(25)8-16(26)10-17/h4-10,19H,11-13H2,1-3H3. The molecule has 4 nitrogen and oxygen atoms in total. The number of amides is 1. The number of hydrogen-bond acceptors (Lipinski definition) is 3. The number of ketones is 1. The molecule has 0 fully saturated rings. The van der Waals surface area contributed by atoms with Gasteiger partial charge in [-0.25, -0.2) is 0 Å². The van der Waals surface area contributed by atoms with Crippen molar-refractivity contribution < 1.29 is 14.3 Å². The number of carbonyl (C=O) groups excluding carboxylic acids is 2. The molecule has 0 saturated heterocycles. The summed E-state index contributed by atoms with van der Waals surface area (Å²) in [6, 6.07) is 12.7. The summed E-state index contributed by atoms with van der Waals surface area (Å²) in [5.41, 5.74) is 2.72. The Kier molecular flexibility index (Phi) is 5.41. The lowest BCUT2D eigenvalue weighted by Gasteiger charge is -2.43. The molecule has 1 heterocycles. The second-order valence-electron chi connectivity index (χ2n) is 8.69. The number of rotatable bonds is 3. The molecular weight excluding hydrogens is 421 g/mol. The molecule has 30 heavy (non-hydrogen) atoms. The molecule has 1 atom stereocenters. The van der Waals surface area contributed by atoms with Crippen LogP contribution in [0, 0.1) is 5.41 Å². The number of hydrogen-bond donors (Lipinski definition) is 0. The van der Waals surface area contributed by atoms with E-state index < -0.39 is 0 Å². The van der Waals surface area contributed by atoms with Gasteiger partial charge in [-0.15, -0.1) is 0 Å². The van der Waals surface area contributed by atoms with Gasteiger partial charge >= 0.3 is 0 Å². The van der Waals surface area contributed by atoms with Crippen LogP contribution in [0.3, 0.4) is 0 Å². The number of allylic oxidation sites excluding steroid dienone is 2. The molecule has 1 amide bonds. The second-order valence-corrected chi connectivity index (χ2v) is 9.56. The predicted octanol–water partition coefficient (Wildman–Crippen LogP) is 6.17. The Labute approximate surface area is 186 Å². The summed E-state index contributed by atoms with van der Waals surface area (Å²) in [6.45, 7) is 4.11. The van der Waals surface area contributed by atoms with Crippen LogP contribution in [0.15, 0.2) is 53.7 Å². The number of methoxy groups -OCH3 is 1. The largest absolute Gasteiger partial charge is 0.497 e. The Hall–Kier alpha value is -2.30. The van der Waals surface area contributed by atoms with Crippen molar-refractivity contribution in [3.05, 3.63) is 69.3 Å². The molecule has 1 aliphatic heterocycles. The molecule has 1 unspecified atom stereocenters. The van der Waals surface area contributed by atoms with Gasteiger partial charge in [-0.05, 0) is 47.7 Å². The van der Waals surface area contributed by atoms with Gasteiger partial charge in [0.25, 0.3) is 0 Å². The Balaban J connectivity index is 1.91. The van der Waals surface area contributed by atoms with E-state index in [1.54, 1.807) is 30.2 Å². The fourth-order valence-corrected chi connectivity index (χ4v) is 5.04. The first kappa shape index (κ1) is 21.0. The first-order chi connectivity index (χ1) is 14.2. The van der Waals surface area contributed by atoms with E-state index in [9.17, 15) is 9.59 Å². The van der Waals surface area contributed by atoms with Crippen LogP contribution in [-0.2, 0) is 9.59 Å². The van der Waals surface area contributed by atoms with Gasteiger partial charge in [-0.3, -0.25) is 14.5 Å². The first-order valence-corrected chi connectivity index (χ1v) is 10.6. The van der Waals surface area contributed by atoms with E-state index in [0.29, 0.717) is 39.9 Å². The van der Waals surface area contributed by atoms with E-state index >= 15 is 0 Å². The fraction of sp³-hybridized carbons (Fsp3) is 0.333. The number of carbonyl (C=O) groups is 2. The van der Waals surface area contributed by atoms with Gasteiger partial charge in [-0.2, -0.15) is 0 Å². The molecule has 0 radical (unpaired) electrons. The van der Waals surface area contributed by atoms with Crippen LogP contribution in [0.25, 0.3) is 0 Å². The number of ether oxygens (including phenoxy) is 1. The average Bonchev–Trinajstić information content (AvgIpc) is 2.65. The number of nitrogens with zero attached hydrogens (tertiary/aromatic N) is 1. The molecule has 2 aromatic carbocycles. The van der Waals surface area contributed by atoms with Crippen LogP contribution in [0.4, 0.5) is 5.69 Å². The van der Waals surface area contributed by atoms with Crippen molar-refractivity contribution in [3.8, 4) is 5.75 Å². The molecule has 2 aromatic rings. The lowest BCUT2D eigenvalue weighted by molar-refractivity contribution is -0.121. The van der Waals surface area contributed by atoms with Crippen molar-refractivity contribution >= 4 is 40.6 Å². The third-order valence-electron chi connectivity index (χ3n) is 5.74. The number of benzene rings is 2. The number of Topliss-reactive ketones (excluding diaryl/α,β-unsaturated/α-hetero) is 1. The normalized spacial score (nSPS) is 21.0. The SMILES string of the molecule is COc1cccc(C2CC(=O)N(c3cc(Cl)cc(Cl)c3)C3=C2C(=O)CC(C)(C)C3)c1. The molecule has 0 N–H and O–H groups in total. The summed E-state index contributed by atoms with van der Waals surface area (Å²) in [7, 11) is 1.61. The quantitative estimate of drug-likeness (QED) is 0.569. The lowest BCUT2D eigenvalue weighted by atomic mass is 9.69. The van der Waals surface area contributed by atoms with Crippen LogP contribution in [0.2, 0.25) is 10.0 Å². The molecule has 0 saturated carbocycles. The van der Waals surface area contributed by atoms with Gasteiger partial charge in [0.2, 0.25) is 5.91 Å². The molecule has 1 aliphatic carbocycles. The monoisotopic (exact) mass is 443 g/mol. The van der Waals surface area contributed by atoms with Gasteiger partial charge in [0.15, 0.2) is 5.78 Å². The first-order valence-electron chi connectivity index (χ1n) is 9.88. The summed E-state index contributed by atoms with van der Waals surface area (Å²) < 4.78 is 5.36. The van der Waals surface area contributed by atoms with Crippen molar-refractivity contribution in [2.24, 2.45) is 5.41 Å². The maximum absolute atomic E-state index is 13.4. The highest BCUT2D eigenvalue weighted by Crippen LogP contribution is 2.48. The third kappa shape index (κ3) is 3.86. The Morgan fingerprint density at radius 3 is 2.40 bits per heavy atom. The van der Waals surface area contributed by atoms with Gasteiger partial charge in [0, 0.05) is 40.1 Å². The van der Waals surface area contributed by atoms with Crippen LogP contribution < -0.4 is 9.64 Å². The maximum Gasteiger partial charge on any atom is 0.232 e. The highest BCUT2D eigenvalue weighted by molar-refractivity contribution is 6.35. The van der Waals surface area contributed by atoms with E-state index in [1.807, 2.05) is 24.3 Å². The zero-order valence-corrected chi connectivity index (χ0v) is 18.7. The summed E-state index contributed by atoms with van der Waals surface area (Å²) in [6.07, 6.45) is 1.26. The smallest absolute Gasteiger partial charge is 0.232 e. The van der Waals surface area contributed by atoms with Crippen molar-refractivity contribution in [1.82, 2.24) is 0 Å². The molecule has 0 aromatic heterocycles. The van der Waals surface area contributed by atoms with E-state index in [0.717, 1.165) is 11.3 Å². The van der Waals surface area contributed by atoms with Crippen LogP contribution in [0.5, 0.6) is 5.75 Å². The van der Waals surface area contributed by atoms with E-state index in [2.05, 4.69) is 13.8 Å². The van der Waals surface area contributed by atoms with Crippen LogP contribution in [-0.4, -0.2) is 18.8 Å². The molecular formula is C24H23Cl2NO3. The topological polar surface area (TPSA) is 46.6 Å². The van der Waals surface area contributed by atoms with Crippen molar-refractivity contribution in [3.63, 3.8) is 0 Å². The predicted molar refractivity (Wildman–Crippen MR) is 119 cm³/mol. The highest BCUT2D eigenvalue weighted by Gasteiger charge is 2.44. The Morgan fingerprint density at radius 2 is 1.73 bits per heavy atom. The zero-order chi connectivity index (χ0) is 21.6. The average molecular weight is 444 g/mol. The maximum atomic E-state index is 13.4. The minimum Gasteiger partial charge on any atom is -0.497 e. The van der Waals surface area contributed by atoms with Gasteiger partial charge in [0.05, 0.1) is 12.8 Å². The van der Waals surface area contributed by atoms with E-state index in [1.165, 1.54) is 0 Å². The molecule has 6 heteroatoms. The fourth-order valence-electron chi connectivity index (χ4n) is 4.53. The van der Waals surface area contributed by atoms with Crippen molar-refractivity contribution in [2.45, 2.75) is 39.0 Å². The van der Waals surface area contributed by atoms with Crippen molar-refractivity contribution in [1.29, 1.82) is 0 Å². The summed E-state index contributed by atoms with van der Waals surface area (Å²) in [5, 5.41) is 0.896. The molecule has 4 rings (SSSR count). The van der Waals surface area contributed by atoms with Crippen molar-refractivity contribution in [2.75, 3.05) is 12.0 Å². The van der Waals surface area contributed by atoms with Gasteiger partial charge in [0.1, 0.15) is 5.75 Å². The number of halogens is 2. The summed E-state index contributed by atoms with van der Waals surface area (Å²) >= 11 is 12.4. The molecule has 2 aliphatic rings. The summed E-state index contributed by atoms with van der Waals surface area (Å²) in [4.78, 5) is 28.4. The van der Waals surface area contributed by atoms with E-state index in [-0.39, 0.29) is 29.4 Å². The highest BCUT2D eigenvalue weighted by atomic mass is 35.5. The van der Waals surface area contributed by atoms with E-state index in [4.69, 9.17) is 27.9 Å². The minimum absolute atomic E-state index is 0.0783. The molecule has 0 spiro atoms.